The monoisotopic (exact) mass is 408 g/mol. The highest BCUT2D eigenvalue weighted by atomic mass is 32.2. The van der Waals surface area contributed by atoms with E-state index in [1.54, 1.807) is 0 Å². The predicted molar refractivity (Wildman–Crippen MR) is 111 cm³/mol. The standard InChI is InChI=1S/C20H32N4O3S/c1-3-9-24-17-6-5-15(21-8-7-18(25)27-4-2)14-16(17)19(22-24)20(26)23-10-12-28-13-11-23/h15,21H,3-14H2,1-2H3. The van der Waals surface area contributed by atoms with Crippen molar-refractivity contribution >= 4 is 23.6 Å². The number of esters is 1. The van der Waals surface area contributed by atoms with Gasteiger partial charge in [-0.25, -0.2) is 0 Å². The summed E-state index contributed by atoms with van der Waals surface area (Å²) in [6.07, 6.45) is 4.10. The van der Waals surface area contributed by atoms with Crippen molar-refractivity contribution in [1.82, 2.24) is 20.0 Å². The molecular weight excluding hydrogens is 376 g/mol. The zero-order chi connectivity index (χ0) is 19.9. The van der Waals surface area contributed by atoms with E-state index in [0.717, 1.165) is 62.4 Å². The number of carbonyl (C=O) groups is 2. The van der Waals surface area contributed by atoms with Crippen molar-refractivity contribution in [2.45, 2.75) is 58.5 Å². The first kappa shape index (κ1) is 21.2. The van der Waals surface area contributed by atoms with Crippen molar-refractivity contribution in [2.75, 3.05) is 37.7 Å². The van der Waals surface area contributed by atoms with E-state index >= 15 is 0 Å². The van der Waals surface area contributed by atoms with Crippen LogP contribution in [-0.4, -0.2) is 70.3 Å². The van der Waals surface area contributed by atoms with Crippen LogP contribution >= 0.6 is 11.8 Å². The van der Waals surface area contributed by atoms with Crippen LogP contribution in [0.5, 0.6) is 0 Å². The summed E-state index contributed by atoms with van der Waals surface area (Å²) in [6, 6.07) is 0.268. The van der Waals surface area contributed by atoms with Crippen molar-refractivity contribution in [3.8, 4) is 0 Å². The summed E-state index contributed by atoms with van der Waals surface area (Å²) in [6.45, 7) is 7.45. The number of nitrogens with one attached hydrogen (secondary N) is 1. The number of fused-ring (bicyclic) bond motifs is 1. The Morgan fingerprint density at radius 2 is 2.07 bits per heavy atom. The zero-order valence-corrected chi connectivity index (χ0v) is 17.9. The maximum Gasteiger partial charge on any atom is 0.307 e. The Labute approximate surface area is 171 Å². The van der Waals surface area contributed by atoms with Crippen LogP contribution in [0.15, 0.2) is 0 Å². The average Bonchev–Trinajstić information content (AvgIpc) is 3.06. The van der Waals surface area contributed by atoms with Gasteiger partial charge in [0.1, 0.15) is 0 Å². The molecule has 1 N–H and O–H groups in total. The van der Waals surface area contributed by atoms with Crippen molar-refractivity contribution in [3.63, 3.8) is 0 Å². The fraction of sp³-hybridized carbons (Fsp3) is 0.750. The molecule has 1 aliphatic heterocycles. The summed E-state index contributed by atoms with van der Waals surface area (Å²) in [5, 5.41) is 8.21. The van der Waals surface area contributed by atoms with Crippen molar-refractivity contribution < 1.29 is 14.3 Å². The number of amides is 1. The van der Waals surface area contributed by atoms with E-state index in [-0.39, 0.29) is 17.9 Å². The van der Waals surface area contributed by atoms with Gasteiger partial charge in [0.2, 0.25) is 0 Å². The van der Waals surface area contributed by atoms with Crippen LogP contribution in [0.2, 0.25) is 0 Å². The van der Waals surface area contributed by atoms with Gasteiger partial charge in [0.25, 0.3) is 5.91 Å². The summed E-state index contributed by atoms with van der Waals surface area (Å²) in [5.74, 6) is 1.92. The molecule has 8 heteroatoms. The van der Waals surface area contributed by atoms with Gasteiger partial charge in [-0.3, -0.25) is 14.3 Å². The number of ether oxygens (including phenoxy) is 1. The molecule has 0 bridgehead atoms. The molecule has 1 aromatic rings. The lowest BCUT2D eigenvalue weighted by molar-refractivity contribution is -0.143. The number of thioether (sulfide) groups is 1. The summed E-state index contributed by atoms with van der Waals surface area (Å²) in [5.41, 5.74) is 2.98. The zero-order valence-electron chi connectivity index (χ0n) is 17.0. The number of rotatable bonds is 8. The number of nitrogens with zero attached hydrogens (tertiary/aromatic N) is 3. The second kappa shape index (κ2) is 10.3. The van der Waals surface area contributed by atoms with Gasteiger partial charge in [-0.1, -0.05) is 6.92 Å². The maximum absolute atomic E-state index is 13.1. The van der Waals surface area contributed by atoms with E-state index in [0.29, 0.717) is 25.3 Å². The second-order valence-electron chi connectivity index (χ2n) is 7.35. The normalized spacial score (nSPS) is 19.4. The Morgan fingerprint density at radius 1 is 1.29 bits per heavy atom. The molecule has 1 aliphatic carbocycles. The molecule has 2 aliphatic rings. The van der Waals surface area contributed by atoms with Crippen LogP contribution in [0.4, 0.5) is 0 Å². The van der Waals surface area contributed by atoms with E-state index in [4.69, 9.17) is 9.84 Å². The molecule has 2 heterocycles. The smallest absolute Gasteiger partial charge is 0.307 e. The van der Waals surface area contributed by atoms with Crippen molar-refractivity contribution in [1.29, 1.82) is 0 Å². The first-order valence-corrected chi connectivity index (χ1v) is 11.6. The number of hydrogen-bond donors (Lipinski definition) is 1. The van der Waals surface area contributed by atoms with Gasteiger partial charge in [-0.05, 0) is 32.6 Å². The van der Waals surface area contributed by atoms with Gasteiger partial charge < -0.3 is 15.0 Å². The van der Waals surface area contributed by atoms with Crippen LogP contribution < -0.4 is 5.32 Å². The lowest BCUT2D eigenvalue weighted by Crippen LogP contribution is -2.40. The topological polar surface area (TPSA) is 76.5 Å². The molecule has 0 radical (unpaired) electrons. The molecular formula is C20H32N4O3S. The molecule has 1 fully saturated rings. The van der Waals surface area contributed by atoms with Gasteiger partial charge in [-0.2, -0.15) is 16.9 Å². The number of carbonyl (C=O) groups excluding carboxylic acids is 2. The lowest BCUT2D eigenvalue weighted by atomic mass is 9.91. The third-order valence-electron chi connectivity index (χ3n) is 5.35. The van der Waals surface area contributed by atoms with Crippen LogP contribution in [0.3, 0.4) is 0 Å². The van der Waals surface area contributed by atoms with Crippen LogP contribution in [0, 0.1) is 0 Å². The Balaban J connectivity index is 1.69. The van der Waals surface area contributed by atoms with Crippen molar-refractivity contribution in [3.05, 3.63) is 17.0 Å². The molecule has 1 unspecified atom stereocenters. The predicted octanol–water partition coefficient (Wildman–Crippen LogP) is 1.88. The first-order valence-electron chi connectivity index (χ1n) is 10.5. The SMILES string of the molecule is CCCn1nc(C(=O)N2CCSCC2)c2c1CCC(NCCC(=O)OCC)C2. The van der Waals surface area contributed by atoms with Crippen LogP contribution in [-0.2, 0) is 28.9 Å². The fourth-order valence-corrected chi connectivity index (χ4v) is 4.86. The van der Waals surface area contributed by atoms with Gasteiger partial charge >= 0.3 is 5.97 Å². The van der Waals surface area contributed by atoms with Gasteiger partial charge in [-0.15, -0.1) is 0 Å². The van der Waals surface area contributed by atoms with Crippen LogP contribution in [0.1, 0.15) is 54.9 Å². The van der Waals surface area contributed by atoms with Gasteiger partial charge in [0, 0.05) is 55.0 Å². The molecule has 1 saturated heterocycles. The minimum atomic E-state index is -0.166. The maximum atomic E-state index is 13.1. The summed E-state index contributed by atoms with van der Waals surface area (Å²) < 4.78 is 7.04. The molecule has 7 nitrogen and oxygen atoms in total. The Kier molecular flexibility index (Phi) is 7.79. The highest BCUT2D eigenvalue weighted by Crippen LogP contribution is 2.27. The van der Waals surface area contributed by atoms with Gasteiger partial charge in [0.05, 0.1) is 13.0 Å². The van der Waals surface area contributed by atoms with Crippen LogP contribution in [0.25, 0.3) is 0 Å². The lowest BCUT2D eigenvalue weighted by Gasteiger charge is -2.27. The summed E-state index contributed by atoms with van der Waals surface area (Å²) >= 11 is 1.90. The largest absolute Gasteiger partial charge is 0.466 e. The third-order valence-corrected chi connectivity index (χ3v) is 6.29. The number of aryl methyl sites for hydroxylation is 1. The Morgan fingerprint density at radius 3 is 2.79 bits per heavy atom. The molecule has 28 heavy (non-hydrogen) atoms. The highest BCUT2D eigenvalue weighted by molar-refractivity contribution is 7.99. The Bertz CT molecular complexity index is 685. The summed E-state index contributed by atoms with van der Waals surface area (Å²) in [7, 11) is 0. The summed E-state index contributed by atoms with van der Waals surface area (Å²) in [4.78, 5) is 26.6. The minimum Gasteiger partial charge on any atom is -0.466 e. The number of hydrogen-bond acceptors (Lipinski definition) is 6. The molecule has 0 spiro atoms. The molecule has 1 amide bonds. The van der Waals surface area contributed by atoms with Crippen molar-refractivity contribution in [2.24, 2.45) is 0 Å². The average molecular weight is 409 g/mol. The molecule has 156 valence electrons. The molecule has 1 aromatic heterocycles. The van der Waals surface area contributed by atoms with E-state index in [2.05, 4.69) is 16.9 Å². The fourth-order valence-electron chi connectivity index (χ4n) is 3.96. The second-order valence-corrected chi connectivity index (χ2v) is 8.58. The molecule has 0 aromatic carbocycles. The van der Waals surface area contributed by atoms with E-state index < -0.39 is 0 Å². The van der Waals surface area contributed by atoms with E-state index in [1.165, 1.54) is 5.69 Å². The molecule has 1 atom stereocenters. The van der Waals surface area contributed by atoms with E-state index in [9.17, 15) is 9.59 Å². The molecule has 0 saturated carbocycles. The van der Waals surface area contributed by atoms with E-state index in [1.807, 2.05) is 23.6 Å². The minimum absolute atomic E-state index is 0.0820. The van der Waals surface area contributed by atoms with Gasteiger partial charge in [0.15, 0.2) is 5.69 Å². The first-order chi connectivity index (χ1) is 13.6. The molecule has 3 rings (SSSR count). The third kappa shape index (κ3) is 5.08. The Hall–Kier alpha value is -1.54. The quantitative estimate of drug-likeness (QED) is 0.662. The number of aromatic nitrogens is 2. The highest BCUT2D eigenvalue weighted by Gasteiger charge is 2.31.